The number of hydrogen-bond donors (Lipinski definition) is 2. The zero-order valence-electron chi connectivity index (χ0n) is 27.0. The summed E-state index contributed by atoms with van der Waals surface area (Å²) in [5.74, 6) is 0.778. The maximum atomic E-state index is 9.45. The van der Waals surface area contributed by atoms with Crippen LogP contribution in [0, 0.1) is 12.2 Å². The van der Waals surface area contributed by atoms with E-state index in [-0.39, 0.29) is 37.0 Å². The van der Waals surface area contributed by atoms with E-state index in [9.17, 15) is 10.2 Å². The van der Waals surface area contributed by atoms with E-state index in [4.69, 9.17) is 0 Å². The van der Waals surface area contributed by atoms with Crippen molar-refractivity contribution in [1.82, 2.24) is 0 Å². The van der Waals surface area contributed by atoms with Gasteiger partial charge in [-0.2, -0.15) is 12.2 Å². The molecule has 0 saturated heterocycles. The van der Waals surface area contributed by atoms with E-state index >= 15 is 0 Å². The molecule has 4 rings (SSSR count). The first-order valence-electron chi connectivity index (χ1n) is 15.0. The van der Waals surface area contributed by atoms with Crippen molar-refractivity contribution in [2.24, 2.45) is 0 Å². The monoisotopic (exact) mass is 632 g/mol. The van der Waals surface area contributed by atoms with Gasteiger partial charge in [0, 0.05) is 0 Å². The van der Waals surface area contributed by atoms with Gasteiger partial charge < -0.3 is 10.2 Å². The van der Waals surface area contributed by atoms with E-state index in [2.05, 4.69) is 91.8 Å². The van der Waals surface area contributed by atoms with Gasteiger partial charge in [0.15, 0.2) is 0 Å². The van der Waals surface area contributed by atoms with Crippen molar-refractivity contribution in [3.05, 3.63) is 107 Å². The summed E-state index contributed by atoms with van der Waals surface area (Å²) in [6.45, 7) is 17.0. The van der Waals surface area contributed by atoms with E-state index in [0.29, 0.717) is 11.5 Å². The Morgan fingerprint density at radius 1 is 0.610 bits per heavy atom. The van der Waals surface area contributed by atoms with Gasteiger partial charge in [-0.1, -0.05) is 130 Å². The predicted octanol–water partition coefficient (Wildman–Crippen LogP) is 11.1. The Kier molecular flexibility index (Phi) is 19.6. The van der Waals surface area contributed by atoms with Gasteiger partial charge in [0.25, 0.3) is 0 Å². The van der Waals surface area contributed by atoms with Crippen molar-refractivity contribution < 1.29 is 36.4 Å². The fourth-order valence-corrected chi connectivity index (χ4v) is 4.19. The molecular formula is C38H54O2Zr. The Morgan fingerprint density at radius 2 is 0.951 bits per heavy atom. The van der Waals surface area contributed by atoms with E-state index in [1.54, 1.807) is 12.1 Å². The second-order valence-electron chi connectivity index (χ2n) is 12.4. The van der Waals surface area contributed by atoms with Crippen LogP contribution in [0.5, 0.6) is 11.5 Å². The Balaban J connectivity index is 0.000000518. The molecule has 41 heavy (non-hydrogen) atoms. The second kappa shape index (κ2) is 20.7. The van der Waals surface area contributed by atoms with Crippen LogP contribution in [-0.4, -0.2) is 10.2 Å². The van der Waals surface area contributed by atoms with Gasteiger partial charge in [-0.3, -0.25) is 12.2 Å². The molecular weight excluding hydrogens is 580 g/mol. The van der Waals surface area contributed by atoms with Crippen molar-refractivity contribution in [1.29, 1.82) is 0 Å². The number of benzene rings is 2. The molecule has 2 nitrogen and oxygen atoms in total. The van der Waals surface area contributed by atoms with Crippen molar-refractivity contribution in [3.63, 3.8) is 0 Å². The molecule has 0 fully saturated rings. The maximum Gasteiger partial charge on any atom is 2.00 e. The molecule has 0 heterocycles. The van der Waals surface area contributed by atoms with Crippen LogP contribution in [0.15, 0.2) is 84.0 Å². The number of aromatic hydroxyl groups is 2. The van der Waals surface area contributed by atoms with Gasteiger partial charge in [-0.15, -0.1) is 12.8 Å². The van der Waals surface area contributed by atoms with Crippen molar-refractivity contribution in [3.8, 4) is 11.5 Å². The fraction of sp³-hybridized carbons (Fsp3) is 0.474. The molecule has 3 heteroatoms. The number of phenolic OH excluding ortho intramolecular Hbond substituents is 2. The van der Waals surface area contributed by atoms with E-state index in [1.807, 2.05) is 36.4 Å². The SMILES string of the molecule is CC(C)(C)c1ccccc1O.CC(C)(C)c1ccccc1O.CCCCC1=[C-]CC=C1.CCCCC1=[C-]CC=C1.[Zr+2]. The van der Waals surface area contributed by atoms with Crippen molar-refractivity contribution >= 4 is 0 Å². The van der Waals surface area contributed by atoms with Gasteiger partial charge in [0.05, 0.1) is 0 Å². The van der Waals surface area contributed by atoms with Gasteiger partial charge >= 0.3 is 26.2 Å². The number of phenols is 2. The third kappa shape index (κ3) is 16.8. The molecule has 0 radical (unpaired) electrons. The molecule has 0 aliphatic heterocycles. The third-order valence-electron chi connectivity index (χ3n) is 6.56. The summed E-state index contributed by atoms with van der Waals surface area (Å²) in [5.41, 5.74) is 4.89. The zero-order chi connectivity index (χ0) is 30.0. The summed E-state index contributed by atoms with van der Waals surface area (Å²) in [4.78, 5) is 0. The minimum Gasteiger partial charge on any atom is -0.508 e. The van der Waals surface area contributed by atoms with Crippen molar-refractivity contribution in [2.45, 2.75) is 118 Å². The van der Waals surface area contributed by atoms with Crippen LogP contribution in [0.3, 0.4) is 0 Å². The first kappa shape index (κ1) is 38.9. The quantitative estimate of drug-likeness (QED) is 0.311. The molecule has 2 aromatic carbocycles. The average molecular weight is 634 g/mol. The molecule has 0 atom stereocenters. The van der Waals surface area contributed by atoms with Crippen molar-refractivity contribution in [2.75, 3.05) is 0 Å². The molecule has 222 valence electrons. The van der Waals surface area contributed by atoms with Gasteiger partial charge in [-0.25, -0.2) is 23.3 Å². The number of para-hydroxylation sites is 2. The number of allylic oxidation sites excluding steroid dienone is 8. The Hall–Kier alpha value is -2.12. The standard InChI is InChI=1S/2C10H14O.2C9H13.Zr/c2*1-10(2,3)8-6-4-5-7-9(8)11;2*1-2-3-6-9-7-4-5-8-9;/h2*4-7,11H,1-3H3;2*4,7H,2-3,5-6H2,1H3;/q;;2*-1;+2. The molecule has 2 aliphatic rings. The van der Waals surface area contributed by atoms with Crippen LogP contribution in [-0.2, 0) is 37.0 Å². The second-order valence-corrected chi connectivity index (χ2v) is 12.4. The smallest absolute Gasteiger partial charge is 0.508 e. The average Bonchev–Trinajstić information content (AvgIpc) is 3.61. The number of unbranched alkanes of at least 4 members (excludes halogenated alkanes) is 2. The predicted molar refractivity (Wildman–Crippen MR) is 174 cm³/mol. The molecule has 0 amide bonds. The summed E-state index contributed by atoms with van der Waals surface area (Å²) < 4.78 is 0. The first-order valence-corrected chi connectivity index (χ1v) is 15.0. The summed E-state index contributed by atoms with van der Waals surface area (Å²) in [6.07, 6.45) is 25.1. The van der Waals surface area contributed by atoms with Crippen LogP contribution in [0.2, 0.25) is 0 Å². The summed E-state index contributed by atoms with van der Waals surface area (Å²) in [7, 11) is 0. The Morgan fingerprint density at radius 3 is 1.17 bits per heavy atom. The minimum atomic E-state index is 0. The largest absolute Gasteiger partial charge is 2.00 e. The van der Waals surface area contributed by atoms with Crippen LogP contribution in [0.25, 0.3) is 0 Å². The van der Waals surface area contributed by atoms with E-state index in [1.165, 1.54) is 49.7 Å². The molecule has 0 aromatic heterocycles. The van der Waals surface area contributed by atoms with E-state index in [0.717, 1.165) is 24.0 Å². The third-order valence-corrected chi connectivity index (χ3v) is 6.56. The summed E-state index contributed by atoms with van der Waals surface area (Å²) in [5, 5.41) is 18.9. The van der Waals surface area contributed by atoms with Gasteiger partial charge in [0.1, 0.15) is 11.5 Å². The van der Waals surface area contributed by atoms with E-state index < -0.39 is 0 Å². The van der Waals surface area contributed by atoms with Crippen LogP contribution < -0.4 is 0 Å². The molecule has 0 unspecified atom stereocenters. The molecule has 2 N–H and O–H groups in total. The van der Waals surface area contributed by atoms with Gasteiger partial charge in [0.2, 0.25) is 0 Å². The van der Waals surface area contributed by atoms with Crippen LogP contribution in [0.4, 0.5) is 0 Å². The molecule has 0 spiro atoms. The Bertz CT molecular complexity index is 1020. The molecule has 2 aromatic rings. The zero-order valence-corrected chi connectivity index (χ0v) is 29.4. The molecule has 0 bridgehead atoms. The molecule has 2 aliphatic carbocycles. The molecule has 0 saturated carbocycles. The normalized spacial score (nSPS) is 13.4. The Labute approximate surface area is 271 Å². The number of rotatable bonds is 6. The first-order chi connectivity index (χ1) is 18.9. The van der Waals surface area contributed by atoms with Crippen LogP contribution >= 0.6 is 0 Å². The number of hydrogen-bond acceptors (Lipinski definition) is 2. The minimum absolute atomic E-state index is 0. The fourth-order valence-electron chi connectivity index (χ4n) is 4.19. The summed E-state index contributed by atoms with van der Waals surface area (Å²) >= 11 is 0. The van der Waals surface area contributed by atoms with Gasteiger partial charge in [-0.05, 0) is 34.1 Å². The summed E-state index contributed by atoms with van der Waals surface area (Å²) in [6, 6.07) is 14.9. The van der Waals surface area contributed by atoms with Crippen LogP contribution in [0.1, 0.15) is 118 Å². The maximum absolute atomic E-state index is 9.45. The topological polar surface area (TPSA) is 40.5 Å².